The molecule has 0 amide bonds. The van der Waals surface area contributed by atoms with Gasteiger partial charge in [0.25, 0.3) is 0 Å². The SMILES string of the molecule is Nc1cc(=O)c2c(n1Cc1ccccc1)CCCC2=O. The Labute approximate surface area is 116 Å². The highest BCUT2D eigenvalue weighted by Crippen LogP contribution is 2.22. The number of rotatable bonds is 2. The van der Waals surface area contributed by atoms with Crippen LogP contribution in [0.15, 0.2) is 41.2 Å². The summed E-state index contributed by atoms with van der Waals surface area (Å²) in [5.74, 6) is 0.366. The summed E-state index contributed by atoms with van der Waals surface area (Å²) in [5, 5.41) is 0. The van der Waals surface area contributed by atoms with Gasteiger partial charge in [0, 0.05) is 24.7 Å². The van der Waals surface area contributed by atoms with Crippen molar-refractivity contribution >= 4 is 11.6 Å². The van der Waals surface area contributed by atoms with Crippen LogP contribution < -0.4 is 11.2 Å². The lowest BCUT2D eigenvalue weighted by Gasteiger charge is -2.22. The molecule has 4 heteroatoms. The number of benzene rings is 1. The Balaban J connectivity index is 2.14. The van der Waals surface area contributed by atoms with Crippen molar-refractivity contribution in [3.8, 4) is 0 Å². The van der Waals surface area contributed by atoms with E-state index in [0.717, 1.165) is 24.1 Å². The Bertz CT molecular complexity index is 717. The van der Waals surface area contributed by atoms with Gasteiger partial charge < -0.3 is 10.3 Å². The Hall–Kier alpha value is -2.36. The maximum Gasteiger partial charge on any atom is 0.194 e. The quantitative estimate of drug-likeness (QED) is 0.906. The molecule has 0 saturated carbocycles. The van der Waals surface area contributed by atoms with Crippen molar-refractivity contribution in [2.75, 3.05) is 5.73 Å². The summed E-state index contributed by atoms with van der Waals surface area (Å²) in [6.07, 6.45) is 1.97. The van der Waals surface area contributed by atoms with Gasteiger partial charge in [0.2, 0.25) is 0 Å². The number of carbonyl (C=O) groups excluding carboxylic acids is 1. The minimum absolute atomic E-state index is 0.0574. The third-order valence-electron chi connectivity index (χ3n) is 3.73. The second-order valence-corrected chi connectivity index (χ2v) is 5.10. The van der Waals surface area contributed by atoms with Crippen molar-refractivity contribution in [2.24, 2.45) is 0 Å². The van der Waals surface area contributed by atoms with Crippen molar-refractivity contribution in [3.63, 3.8) is 0 Å². The average Bonchev–Trinajstić information content (AvgIpc) is 2.44. The number of anilines is 1. The van der Waals surface area contributed by atoms with Gasteiger partial charge in [-0.3, -0.25) is 9.59 Å². The van der Waals surface area contributed by atoms with Crippen molar-refractivity contribution < 1.29 is 4.79 Å². The minimum atomic E-state index is -0.244. The predicted octanol–water partition coefficient (Wildman–Crippen LogP) is 2.00. The van der Waals surface area contributed by atoms with Crippen LogP contribution in [0, 0.1) is 0 Å². The van der Waals surface area contributed by atoms with Gasteiger partial charge in [-0.25, -0.2) is 0 Å². The maximum absolute atomic E-state index is 12.0. The van der Waals surface area contributed by atoms with Gasteiger partial charge in [0.1, 0.15) is 5.82 Å². The molecule has 1 heterocycles. The molecule has 0 aliphatic heterocycles. The van der Waals surface area contributed by atoms with Crippen molar-refractivity contribution in [2.45, 2.75) is 25.8 Å². The highest BCUT2D eigenvalue weighted by atomic mass is 16.1. The zero-order valence-corrected chi connectivity index (χ0v) is 11.1. The number of hydrogen-bond donors (Lipinski definition) is 1. The molecule has 0 fully saturated rings. The fraction of sp³-hybridized carbons (Fsp3) is 0.250. The highest BCUT2D eigenvalue weighted by Gasteiger charge is 2.24. The summed E-state index contributed by atoms with van der Waals surface area (Å²) < 4.78 is 1.89. The van der Waals surface area contributed by atoms with Gasteiger partial charge in [-0.2, -0.15) is 0 Å². The van der Waals surface area contributed by atoms with Crippen LogP contribution in [-0.2, 0) is 13.0 Å². The lowest BCUT2D eigenvalue weighted by atomic mass is 9.93. The number of fused-ring (bicyclic) bond motifs is 1. The molecule has 4 nitrogen and oxygen atoms in total. The van der Waals surface area contributed by atoms with Crippen LogP contribution in [0.5, 0.6) is 0 Å². The smallest absolute Gasteiger partial charge is 0.194 e. The lowest BCUT2D eigenvalue weighted by molar-refractivity contribution is 0.0969. The summed E-state index contributed by atoms with van der Waals surface area (Å²) in [6, 6.07) is 11.3. The topological polar surface area (TPSA) is 65.1 Å². The Morgan fingerprint density at radius 2 is 1.85 bits per heavy atom. The molecular formula is C16H16N2O2. The normalized spacial score (nSPS) is 14.1. The van der Waals surface area contributed by atoms with Crippen LogP contribution in [0.1, 0.15) is 34.5 Å². The summed E-state index contributed by atoms with van der Waals surface area (Å²) in [4.78, 5) is 24.0. The first-order valence-electron chi connectivity index (χ1n) is 6.76. The molecule has 3 rings (SSSR count). The molecule has 1 aliphatic rings. The van der Waals surface area contributed by atoms with Crippen molar-refractivity contribution in [1.29, 1.82) is 0 Å². The number of nitrogens with two attached hydrogens (primary N) is 1. The summed E-state index contributed by atoms with van der Waals surface area (Å²) in [5.41, 5.74) is 7.97. The number of hydrogen-bond acceptors (Lipinski definition) is 3. The van der Waals surface area contributed by atoms with Crippen molar-refractivity contribution in [3.05, 3.63) is 63.4 Å². The van der Waals surface area contributed by atoms with E-state index in [-0.39, 0.29) is 11.2 Å². The Kier molecular flexibility index (Phi) is 3.14. The molecular weight excluding hydrogens is 252 g/mol. The van der Waals surface area contributed by atoms with Gasteiger partial charge in [0.05, 0.1) is 5.56 Å². The number of Topliss-reactive ketones (excluding diaryl/α,β-unsaturated/α-hetero) is 1. The standard InChI is InChI=1S/C16H16N2O2/c17-15-9-14(20)16-12(7-4-8-13(16)19)18(15)10-11-5-2-1-3-6-11/h1-3,5-6,9H,4,7-8,10,17H2. The Morgan fingerprint density at radius 1 is 1.10 bits per heavy atom. The predicted molar refractivity (Wildman–Crippen MR) is 77.9 cm³/mol. The minimum Gasteiger partial charge on any atom is -0.385 e. The van der Waals surface area contributed by atoms with E-state index in [0.29, 0.717) is 24.3 Å². The molecule has 0 bridgehead atoms. The van der Waals surface area contributed by atoms with Gasteiger partial charge in [-0.05, 0) is 18.4 Å². The summed E-state index contributed by atoms with van der Waals surface area (Å²) in [7, 11) is 0. The van der Waals surface area contributed by atoms with Crippen LogP contribution in [-0.4, -0.2) is 10.4 Å². The van der Waals surface area contributed by atoms with Gasteiger partial charge in [-0.1, -0.05) is 30.3 Å². The van der Waals surface area contributed by atoms with E-state index < -0.39 is 0 Å². The third-order valence-corrected chi connectivity index (χ3v) is 3.73. The van der Waals surface area contributed by atoms with Gasteiger partial charge >= 0.3 is 0 Å². The first-order valence-corrected chi connectivity index (χ1v) is 6.76. The van der Waals surface area contributed by atoms with E-state index in [2.05, 4.69) is 0 Å². The van der Waals surface area contributed by atoms with Gasteiger partial charge in [-0.15, -0.1) is 0 Å². The van der Waals surface area contributed by atoms with E-state index in [9.17, 15) is 9.59 Å². The zero-order chi connectivity index (χ0) is 14.1. The van der Waals surface area contributed by atoms with Crippen LogP contribution in [0.3, 0.4) is 0 Å². The molecule has 1 aromatic carbocycles. The molecule has 0 atom stereocenters. The number of nitrogen functional groups attached to an aromatic ring is 1. The van der Waals surface area contributed by atoms with Crippen LogP contribution in [0.25, 0.3) is 0 Å². The molecule has 20 heavy (non-hydrogen) atoms. The zero-order valence-electron chi connectivity index (χ0n) is 11.1. The van der Waals surface area contributed by atoms with Crippen molar-refractivity contribution in [1.82, 2.24) is 4.57 Å². The molecule has 0 radical (unpaired) electrons. The number of aromatic nitrogens is 1. The second-order valence-electron chi connectivity index (χ2n) is 5.10. The first kappa shape index (κ1) is 12.7. The van der Waals surface area contributed by atoms with E-state index in [1.807, 2.05) is 34.9 Å². The molecule has 1 aliphatic carbocycles. The Morgan fingerprint density at radius 3 is 2.60 bits per heavy atom. The summed E-state index contributed by atoms with van der Waals surface area (Å²) >= 11 is 0. The highest BCUT2D eigenvalue weighted by molar-refractivity contribution is 5.98. The van der Waals surface area contributed by atoms with Crippen LogP contribution in [0.4, 0.5) is 5.82 Å². The largest absolute Gasteiger partial charge is 0.385 e. The molecule has 0 unspecified atom stereocenters. The number of nitrogens with zero attached hydrogens (tertiary/aromatic N) is 1. The van der Waals surface area contributed by atoms with E-state index in [1.165, 1.54) is 6.07 Å². The van der Waals surface area contributed by atoms with E-state index in [4.69, 9.17) is 5.73 Å². The average molecular weight is 268 g/mol. The lowest BCUT2D eigenvalue weighted by Crippen LogP contribution is -2.28. The van der Waals surface area contributed by atoms with E-state index in [1.54, 1.807) is 0 Å². The summed E-state index contributed by atoms with van der Waals surface area (Å²) in [6.45, 7) is 0.586. The monoisotopic (exact) mass is 268 g/mol. The molecule has 1 aromatic heterocycles. The molecule has 2 aromatic rings. The maximum atomic E-state index is 12.0. The number of ketones is 1. The van der Waals surface area contributed by atoms with Crippen LogP contribution in [0.2, 0.25) is 0 Å². The van der Waals surface area contributed by atoms with Gasteiger partial charge in [0.15, 0.2) is 11.2 Å². The van der Waals surface area contributed by atoms with E-state index >= 15 is 0 Å². The third kappa shape index (κ3) is 2.13. The second kappa shape index (κ2) is 4.96. The molecule has 0 saturated heterocycles. The molecule has 2 N–H and O–H groups in total. The molecule has 102 valence electrons. The number of pyridine rings is 1. The fourth-order valence-corrected chi connectivity index (χ4v) is 2.77. The number of carbonyl (C=O) groups is 1. The van der Waals surface area contributed by atoms with Crippen LogP contribution >= 0.6 is 0 Å². The fourth-order valence-electron chi connectivity index (χ4n) is 2.77. The first-order chi connectivity index (χ1) is 9.66. The molecule has 0 spiro atoms.